The van der Waals surface area contributed by atoms with Gasteiger partial charge >= 0.3 is 0 Å². The summed E-state index contributed by atoms with van der Waals surface area (Å²) in [5.74, 6) is -0.0625. The largest absolute Gasteiger partial charge is 0.399 e. The van der Waals surface area contributed by atoms with Crippen LogP contribution in [0.15, 0.2) is 35.0 Å². The highest BCUT2D eigenvalue weighted by atomic mass is 32.1. The summed E-state index contributed by atoms with van der Waals surface area (Å²) in [5.41, 5.74) is 9.18. The standard InChI is InChI=1S/C15H18N2OS/c1-10-3-4-13(16)8-14(10)15(18)17-11(2)7-12-5-6-19-9-12/h3-6,8-9,11H,7,16H2,1-2H3,(H,17,18). The second-order valence-electron chi connectivity index (χ2n) is 4.78. The predicted octanol–water partition coefficient (Wildman–Crippen LogP) is 3.00. The Bertz CT molecular complexity index is 564. The van der Waals surface area contributed by atoms with Crippen LogP contribution < -0.4 is 11.1 Å². The molecule has 1 unspecified atom stereocenters. The van der Waals surface area contributed by atoms with E-state index in [1.54, 1.807) is 23.5 Å². The van der Waals surface area contributed by atoms with Crippen molar-refractivity contribution in [1.29, 1.82) is 0 Å². The summed E-state index contributed by atoms with van der Waals surface area (Å²) < 4.78 is 0. The van der Waals surface area contributed by atoms with Crippen molar-refractivity contribution in [2.24, 2.45) is 0 Å². The third-order valence-corrected chi connectivity index (χ3v) is 3.74. The first kappa shape index (κ1) is 13.6. The molecule has 1 amide bonds. The fourth-order valence-electron chi connectivity index (χ4n) is 2.00. The van der Waals surface area contributed by atoms with Crippen LogP contribution >= 0.6 is 11.3 Å². The van der Waals surface area contributed by atoms with Crippen LogP contribution in [0.25, 0.3) is 0 Å². The molecule has 0 fully saturated rings. The molecule has 3 nitrogen and oxygen atoms in total. The van der Waals surface area contributed by atoms with Crippen LogP contribution in [-0.2, 0) is 6.42 Å². The smallest absolute Gasteiger partial charge is 0.251 e. The van der Waals surface area contributed by atoms with Gasteiger partial charge in [0.05, 0.1) is 0 Å². The summed E-state index contributed by atoms with van der Waals surface area (Å²) in [6.45, 7) is 3.93. The molecule has 3 N–H and O–H groups in total. The van der Waals surface area contributed by atoms with E-state index in [4.69, 9.17) is 5.73 Å². The topological polar surface area (TPSA) is 55.1 Å². The van der Waals surface area contributed by atoms with Gasteiger partial charge < -0.3 is 11.1 Å². The molecule has 0 aliphatic heterocycles. The van der Waals surface area contributed by atoms with Gasteiger partial charge in [-0.05, 0) is 60.4 Å². The van der Waals surface area contributed by atoms with Crippen molar-refractivity contribution >= 4 is 22.9 Å². The molecule has 0 saturated heterocycles. The van der Waals surface area contributed by atoms with Crippen LogP contribution in [0.2, 0.25) is 0 Å². The zero-order valence-corrected chi connectivity index (χ0v) is 12.0. The minimum atomic E-state index is -0.0625. The van der Waals surface area contributed by atoms with Crippen LogP contribution in [0.4, 0.5) is 5.69 Å². The molecule has 1 aromatic heterocycles. The number of amides is 1. The van der Waals surface area contributed by atoms with Crippen molar-refractivity contribution in [2.45, 2.75) is 26.3 Å². The Labute approximate surface area is 117 Å². The van der Waals surface area contributed by atoms with Crippen molar-refractivity contribution in [3.8, 4) is 0 Å². The fourth-order valence-corrected chi connectivity index (χ4v) is 2.68. The van der Waals surface area contributed by atoms with Crippen LogP contribution in [-0.4, -0.2) is 11.9 Å². The number of rotatable bonds is 4. The number of carbonyl (C=O) groups is 1. The first-order valence-corrected chi connectivity index (χ1v) is 7.18. The van der Waals surface area contributed by atoms with Crippen molar-refractivity contribution in [2.75, 3.05) is 5.73 Å². The Morgan fingerprint density at radius 3 is 2.89 bits per heavy atom. The summed E-state index contributed by atoms with van der Waals surface area (Å²) in [7, 11) is 0. The average Bonchev–Trinajstić information content (AvgIpc) is 2.84. The van der Waals surface area contributed by atoms with Gasteiger partial charge in [0.2, 0.25) is 0 Å². The number of benzene rings is 1. The molecule has 4 heteroatoms. The average molecular weight is 274 g/mol. The molecule has 2 rings (SSSR count). The lowest BCUT2D eigenvalue weighted by Crippen LogP contribution is -2.34. The van der Waals surface area contributed by atoms with Crippen LogP contribution in [0.5, 0.6) is 0 Å². The van der Waals surface area contributed by atoms with E-state index in [2.05, 4.69) is 16.8 Å². The molecule has 0 bridgehead atoms. The predicted molar refractivity (Wildman–Crippen MR) is 80.5 cm³/mol. The van der Waals surface area contributed by atoms with Crippen molar-refractivity contribution in [1.82, 2.24) is 5.32 Å². The first-order valence-electron chi connectivity index (χ1n) is 6.24. The summed E-state index contributed by atoms with van der Waals surface area (Å²) in [6.07, 6.45) is 0.844. The highest BCUT2D eigenvalue weighted by Crippen LogP contribution is 2.13. The van der Waals surface area contributed by atoms with E-state index < -0.39 is 0 Å². The van der Waals surface area contributed by atoms with Crippen LogP contribution in [0, 0.1) is 6.92 Å². The van der Waals surface area contributed by atoms with E-state index >= 15 is 0 Å². The van der Waals surface area contributed by atoms with Gasteiger partial charge in [-0.1, -0.05) is 6.07 Å². The van der Waals surface area contributed by atoms with Crippen molar-refractivity contribution in [3.05, 3.63) is 51.7 Å². The fraction of sp³-hybridized carbons (Fsp3) is 0.267. The molecule has 0 aliphatic carbocycles. The lowest BCUT2D eigenvalue weighted by molar-refractivity contribution is 0.0939. The maximum absolute atomic E-state index is 12.2. The first-order chi connectivity index (χ1) is 9.06. The van der Waals surface area contributed by atoms with E-state index in [-0.39, 0.29) is 11.9 Å². The summed E-state index contributed by atoms with van der Waals surface area (Å²) in [4.78, 5) is 12.2. The molecule has 100 valence electrons. The summed E-state index contributed by atoms with van der Waals surface area (Å²) >= 11 is 1.67. The molecule has 0 radical (unpaired) electrons. The lowest BCUT2D eigenvalue weighted by atomic mass is 10.1. The summed E-state index contributed by atoms with van der Waals surface area (Å²) in [5, 5.41) is 7.17. The number of nitrogens with two attached hydrogens (primary N) is 1. The van der Waals surface area contributed by atoms with Gasteiger partial charge in [-0.25, -0.2) is 0 Å². The van der Waals surface area contributed by atoms with E-state index in [1.807, 2.05) is 25.3 Å². The highest BCUT2D eigenvalue weighted by molar-refractivity contribution is 7.07. The van der Waals surface area contributed by atoms with Gasteiger partial charge in [0.25, 0.3) is 5.91 Å². The third-order valence-electron chi connectivity index (χ3n) is 3.01. The molecule has 1 heterocycles. The second-order valence-corrected chi connectivity index (χ2v) is 5.56. The molecule has 2 aromatic rings. The third kappa shape index (κ3) is 3.58. The van der Waals surface area contributed by atoms with Crippen molar-refractivity contribution in [3.63, 3.8) is 0 Å². The maximum atomic E-state index is 12.2. The number of hydrogen-bond donors (Lipinski definition) is 2. The number of thiophene rings is 1. The van der Waals surface area contributed by atoms with Gasteiger partial charge in [-0.2, -0.15) is 11.3 Å². The number of nitrogen functional groups attached to an aromatic ring is 1. The number of nitrogens with one attached hydrogen (secondary N) is 1. The van der Waals surface area contributed by atoms with Gasteiger partial charge in [0.1, 0.15) is 0 Å². The molecule has 19 heavy (non-hydrogen) atoms. The molecule has 1 atom stereocenters. The van der Waals surface area contributed by atoms with Gasteiger partial charge in [0, 0.05) is 17.3 Å². The Kier molecular flexibility index (Phi) is 4.22. The lowest BCUT2D eigenvalue weighted by Gasteiger charge is -2.14. The number of aryl methyl sites for hydroxylation is 1. The van der Waals surface area contributed by atoms with Crippen LogP contribution in [0.3, 0.4) is 0 Å². The molecular formula is C15H18N2OS. The quantitative estimate of drug-likeness (QED) is 0.842. The van der Waals surface area contributed by atoms with E-state index in [0.29, 0.717) is 11.3 Å². The monoisotopic (exact) mass is 274 g/mol. The zero-order chi connectivity index (χ0) is 13.8. The van der Waals surface area contributed by atoms with Crippen molar-refractivity contribution < 1.29 is 4.79 Å². The molecule has 0 aliphatic rings. The van der Waals surface area contributed by atoms with E-state index in [1.165, 1.54) is 5.56 Å². The Balaban J connectivity index is 2.02. The van der Waals surface area contributed by atoms with Gasteiger partial charge in [0.15, 0.2) is 0 Å². The Hall–Kier alpha value is -1.81. The molecule has 0 spiro atoms. The number of carbonyl (C=O) groups excluding carboxylic acids is 1. The SMILES string of the molecule is Cc1ccc(N)cc1C(=O)NC(C)Cc1ccsc1. The van der Waals surface area contributed by atoms with E-state index in [0.717, 1.165) is 12.0 Å². The number of anilines is 1. The Morgan fingerprint density at radius 2 is 2.21 bits per heavy atom. The molecular weight excluding hydrogens is 256 g/mol. The van der Waals surface area contributed by atoms with Gasteiger partial charge in [-0.15, -0.1) is 0 Å². The summed E-state index contributed by atoms with van der Waals surface area (Å²) in [6, 6.07) is 7.58. The molecule has 1 aromatic carbocycles. The number of hydrogen-bond acceptors (Lipinski definition) is 3. The van der Waals surface area contributed by atoms with Gasteiger partial charge in [-0.3, -0.25) is 4.79 Å². The molecule has 0 saturated carbocycles. The Morgan fingerprint density at radius 1 is 1.42 bits per heavy atom. The zero-order valence-electron chi connectivity index (χ0n) is 11.1. The van der Waals surface area contributed by atoms with Crippen LogP contribution in [0.1, 0.15) is 28.4 Å². The second kappa shape index (κ2) is 5.89. The van der Waals surface area contributed by atoms with E-state index in [9.17, 15) is 4.79 Å². The minimum Gasteiger partial charge on any atom is -0.399 e. The minimum absolute atomic E-state index is 0.0625. The highest BCUT2D eigenvalue weighted by Gasteiger charge is 2.12. The normalized spacial score (nSPS) is 12.1. The maximum Gasteiger partial charge on any atom is 0.251 e.